The van der Waals surface area contributed by atoms with Crippen molar-refractivity contribution in [2.45, 2.75) is 13.0 Å². The van der Waals surface area contributed by atoms with Crippen LogP contribution in [0.3, 0.4) is 0 Å². The normalized spacial score (nSPS) is 12.2. The van der Waals surface area contributed by atoms with Gasteiger partial charge in [0.2, 0.25) is 0 Å². The van der Waals surface area contributed by atoms with E-state index in [0.717, 1.165) is 20.3 Å². The molecule has 0 aliphatic heterocycles. The lowest BCUT2D eigenvalue weighted by molar-refractivity contribution is 0.625. The molecule has 1 aromatic heterocycles. The zero-order valence-corrected chi connectivity index (χ0v) is 12.8. The number of hydrogen-bond acceptors (Lipinski definition) is 2. The molecule has 2 aromatic rings. The van der Waals surface area contributed by atoms with Crippen molar-refractivity contribution < 1.29 is 4.39 Å². The van der Waals surface area contributed by atoms with Crippen molar-refractivity contribution >= 4 is 37.5 Å². The average molecular weight is 374 g/mol. The Kier molecular flexibility index (Phi) is 4.35. The standard InChI is InChI=1S/C13H11Br2FN2/c1-8(10-5-4-9(16)7-11(10)14)18-12-3-2-6-17-13(12)15/h2-8,18H,1H3. The zero-order valence-electron chi connectivity index (χ0n) is 9.62. The van der Waals surface area contributed by atoms with E-state index in [2.05, 4.69) is 42.2 Å². The Morgan fingerprint density at radius 2 is 2.06 bits per heavy atom. The van der Waals surface area contributed by atoms with Crippen LogP contribution in [-0.4, -0.2) is 4.98 Å². The van der Waals surface area contributed by atoms with Crippen LogP contribution in [0.1, 0.15) is 18.5 Å². The summed E-state index contributed by atoms with van der Waals surface area (Å²) >= 11 is 6.75. The van der Waals surface area contributed by atoms with E-state index in [4.69, 9.17) is 0 Å². The molecule has 0 fully saturated rings. The van der Waals surface area contributed by atoms with Crippen LogP contribution in [0, 0.1) is 5.82 Å². The summed E-state index contributed by atoms with van der Waals surface area (Å²) in [7, 11) is 0. The fourth-order valence-corrected chi connectivity index (χ4v) is 2.72. The summed E-state index contributed by atoms with van der Waals surface area (Å²) in [6.45, 7) is 2.01. The molecule has 0 radical (unpaired) electrons. The number of halogens is 3. The first kappa shape index (κ1) is 13.5. The van der Waals surface area contributed by atoms with Gasteiger partial charge in [0, 0.05) is 16.7 Å². The predicted molar refractivity (Wildman–Crippen MR) is 78.1 cm³/mol. The van der Waals surface area contributed by atoms with Crippen molar-refractivity contribution in [2.24, 2.45) is 0 Å². The molecular formula is C13H11Br2FN2. The number of nitrogens with one attached hydrogen (secondary N) is 1. The van der Waals surface area contributed by atoms with Crippen LogP contribution in [0.4, 0.5) is 10.1 Å². The monoisotopic (exact) mass is 372 g/mol. The minimum absolute atomic E-state index is 0.0421. The van der Waals surface area contributed by atoms with Gasteiger partial charge in [-0.05, 0) is 52.7 Å². The van der Waals surface area contributed by atoms with Gasteiger partial charge >= 0.3 is 0 Å². The van der Waals surface area contributed by atoms with Gasteiger partial charge in [-0.1, -0.05) is 22.0 Å². The van der Waals surface area contributed by atoms with E-state index in [1.54, 1.807) is 12.3 Å². The molecule has 1 N–H and O–H groups in total. The lowest BCUT2D eigenvalue weighted by atomic mass is 10.1. The maximum absolute atomic E-state index is 13.0. The molecule has 0 saturated heterocycles. The van der Waals surface area contributed by atoms with E-state index < -0.39 is 0 Å². The topological polar surface area (TPSA) is 24.9 Å². The third kappa shape index (κ3) is 3.09. The summed E-state index contributed by atoms with van der Waals surface area (Å²) in [5.41, 5.74) is 1.90. The number of aromatic nitrogens is 1. The van der Waals surface area contributed by atoms with E-state index in [1.165, 1.54) is 12.1 Å². The van der Waals surface area contributed by atoms with E-state index in [-0.39, 0.29) is 11.9 Å². The summed E-state index contributed by atoms with van der Waals surface area (Å²) < 4.78 is 14.5. The van der Waals surface area contributed by atoms with E-state index in [9.17, 15) is 4.39 Å². The van der Waals surface area contributed by atoms with Crippen LogP contribution in [0.15, 0.2) is 45.6 Å². The van der Waals surface area contributed by atoms with Crippen LogP contribution in [0.2, 0.25) is 0 Å². The molecule has 0 aliphatic carbocycles. The van der Waals surface area contributed by atoms with Crippen LogP contribution in [0.25, 0.3) is 0 Å². The minimum Gasteiger partial charge on any atom is -0.376 e. The van der Waals surface area contributed by atoms with Gasteiger partial charge in [0.1, 0.15) is 10.4 Å². The lowest BCUT2D eigenvalue weighted by Crippen LogP contribution is -2.08. The maximum atomic E-state index is 13.0. The highest BCUT2D eigenvalue weighted by Crippen LogP contribution is 2.29. The molecule has 5 heteroatoms. The van der Waals surface area contributed by atoms with Crippen LogP contribution in [0.5, 0.6) is 0 Å². The maximum Gasteiger partial charge on any atom is 0.129 e. The Bertz CT molecular complexity index is 560. The smallest absolute Gasteiger partial charge is 0.129 e. The van der Waals surface area contributed by atoms with Crippen molar-refractivity contribution in [1.82, 2.24) is 4.98 Å². The molecule has 0 saturated carbocycles. The van der Waals surface area contributed by atoms with E-state index >= 15 is 0 Å². The quantitative estimate of drug-likeness (QED) is 0.772. The third-order valence-corrected chi connectivity index (χ3v) is 3.88. The molecule has 1 atom stereocenters. The van der Waals surface area contributed by atoms with E-state index in [0.29, 0.717) is 0 Å². The molecule has 2 nitrogen and oxygen atoms in total. The Balaban J connectivity index is 2.22. The first-order valence-corrected chi connectivity index (χ1v) is 6.98. The van der Waals surface area contributed by atoms with Crippen molar-refractivity contribution in [3.05, 3.63) is 57.0 Å². The number of rotatable bonds is 3. The van der Waals surface area contributed by atoms with E-state index in [1.807, 2.05) is 19.1 Å². The molecule has 0 aliphatic rings. The summed E-state index contributed by atoms with van der Waals surface area (Å²) in [5, 5.41) is 3.32. The Morgan fingerprint density at radius 1 is 1.28 bits per heavy atom. The van der Waals surface area contributed by atoms with Gasteiger partial charge in [-0.25, -0.2) is 9.37 Å². The predicted octanol–water partition coefficient (Wildman–Crippen LogP) is 4.92. The molecule has 94 valence electrons. The molecule has 1 unspecified atom stereocenters. The van der Waals surface area contributed by atoms with Crippen molar-refractivity contribution in [3.8, 4) is 0 Å². The van der Waals surface area contributed by atoms with Crippen molar-refractivity contribution in [2.75, 3.05) is 5.32 Å². The van der Waals surface area contributed by atoms with Crippen LogP contribution >= 0.6 is 31.9 Å². The third-order valence-electron chi connectivity index (χ3n) is 2.56. The van der Waals surface area contributed by atoms with Gasteiger partial charge in [-0.15, -0.1) is 0 Å². The van der Waals surface area contributed by atoms with Gasteiger partial charge in [-0.3, -0.25) is 0 Å². The molecule has 1 heterocycles. The fraction of sp³-hybridized carbons (Fsp3) is 0.154. The highest BCUT2D eigenvalue weighted by atomic mass is 79.9. The molecule has 18 heavy (non-hydrogen) atoms. The summed E-state index contributed by atoms with van der Waals surface area (Å²) in [6.07, 6.45) is 1.72. The molecule has 2 rings (SSSR count). The Labute approximate surface area is 122 Å². The first-order chi connectivity index (χ1) is 8.58. The highest BCUT2D eigenvalue weighted by molar-refractivity contribution is 9.10. The Morgan fingerprint density at radius 3 is 2.72 bits per heavy atom. The van der Waals surface area contributed by atoms with Gasteiger partial charge in [0.05, 0.1) is 5.69 Å². The van der Waals surface area contributed by atoms with Crippen molar-refractivity contribution in [1.29, 1.82) is 0 Å². The van der Waals surface area contributed by atoms with Crippen molar-refractivity contribution in [3.63, 3.8) is 0 Å². The van der Waals surface area contributed by atoms with Gasteiger partial charge in [-0.2, -0.15) is 0 Å². The second-order valence-corrected chi connectivity index (χ2v) is 5.48. The van der Waals surface area contributed by atoms with Gasteiger partial charge in [0.25, 0.3) is 0 Å². The number of nitrogens with zero attached hydrogens (tertiary/aromatic N) is 1. The largest absolute Gasteiger partial charge is 0.376 e. The zero-order chi connectivity index (χ0) is 13.1. The number of pyridine rings is 1. The second kappa shape index (κ2) is 5.80. The van der Waals surface area contributed by atoms with Gasteiger partial charge in [0.15, 0.2) is 0 Å². The SMILES string of the molecule is CC(Nc1cccnc1Br)c1ccc(F)cc1Br. The fourth-order valence-electron chi connectivity index (χ4n) is 1.66. The summed E-state index contributed by atoms with van der Waals surface area (Å²) in [4.78, 5) is 4.14. The molecular weight excluding hydrogens is 363 g/mol. The van der Waals surface area contributed by atoms with Crippen LogP contribution < -0.4 is 5.32 Å². The molecule has 0 spiro atoms. The lowest BCUT2D eigenvalue weighted by Gasteiger charge is -2.17. The number of hydrogen-bond donors (Lipinski definition) is 1. The summed E-state index contributed by atoms with van der Waals surface area (Å²) in [6, 6.07) is 8.52. The first-order valence-electron chi connectivity index (χ1n) is 5.40. The number of anilines is 1. The second-order valence-electron chi connectivity index (χ2n) is 3.87. The van der Waals surface area contributed by atoms with Gasteiger partial charge < -0.3 is 5.32 Å². The highest BCUT2D eigenvalue weighted by Gasteiger charge is 2.11. The van der Waals surface area contributed by atoms with Crippen LogP contribution in [-0.2, 0) is 0 Å². The molecule has 0 bridgehead atoms. The average Bonchev–Trinajstić information content (AvgIpc) is 2.32. The Hall–Kier alpha value is -0.940. The molecule has 0 amide bonds. The summed E-state index contributed by atoms with van der Waals surface area (Å²) in [5.74, 6) is -0.250. The minimum atomic E-state index is -0.250. The number of benzene rings is 1. The molecule has 1 aromatic carbocycles.